The van der Waals surface area contributed by atoms with Crippen molar-refractivity contribution in [2.45, 2.75) is 32.5 Å². The largest absolute Gasteiger partial charge is 0.461 e. The van der Waals surface area contributed by atoms with Gasteiger partial charge in [-0.1, -0.05) is 5.21 Å². The van der Waals surface area contributed by atoms with Gasteiger partial charge in [-0.25, -0.2) is 13.9 Å². The molecule has 1 atom stereocenters. The Bertz CT molecular complexity index is 413. The third-order valence-corrected chi connectivity index (χ3v) is 1.98. The first-order valence-corrected chi connectivity index (χ1v) is 5.25. The standard InChI is InChI=1S/C10H13FN4O2/c1-2-17-10(16)9-7-15(14-13-9)6-8(11)4-3-5-12/h7-8H,2-4,6H2,1H3. The van der Waals surface area contributed by atoms with Crippen LogP contribution in [-0.4, -0.2) is 33.7 Å². The summed E-state index contributed by atoms with van der Waals surface area (Å²) in [6.45, 7) is 1.91. The Morgan fingerprint density at radius 2 is 2.53 bits per heavy atom. The fourth-order valence-electron chi connectivity index (χ4n) is 1.20. The summed E-state index contributed by atoms with van der Waals surface area (Å²) in [5.41, 5.74) is 0.0549. The number of alkyl halides is 1. The van der Waals surface area contributed by atoms with Crippen LogP contribution in [0.5, 0.6) is 0 Å². The molecule has 6 nitrogen and oxygen atoms in total. The predicted molar refractivity (Wildman–Crippen MR) is 55.7 cm³/mol. The van der Waals surface area contributed by atoms with E-state index < -0.39 is 12.1 Å². The van der Waals surface area contributed by atoms with Crippen molar-refractivity contribution in [3.63, 3.8) is 0 Å². The van der Waals surface area contributed by atoms with Gasteiger partial charge in [-0.05, 0) is 13.3 Å². The van der Waals surface area contributed by atoms with E-state index in [1.807, 2.05) is 6.07 Å². The zero-order chi connectivity index (χ0) is 12.7. The average molecular weight is 240 g/mol. The normalized spacial score (nSPS) is 11.8. The first-order valence-electron chi connectivity index (χ1n) is 5.25. The summed E-state index contributed by atoms with van der Waals surface area (Å²) in [6, 6.07) is 1.87. The van der Waals surface area contributed by atoms with Gasteiger partial charge < -0.3 is 4.74 Å². The van der Waals surface area contributed by atoms with E-state index in [9.17, 15) is 9.18 Å². The molecule has 17 heavy (non-hydrogen) atoms. The van der Waals surface area contributed by atoms with Gasteiger partial charge in [-0.3, -0.25) is 0 Å². The second-order valence-electron chi connectivity index (χ2n) is 3.34. The molecule has 92 valence electrons. The number of esters is 1. The van der Waals surface area contributed by atoms with E-state index >= 15 is 0 Å². The maximum absolute atomic E-state index is 13.3. The Hall–Kier alpha value is -1.97. The highest BCUT2D eigenvalue weighted by atomic mass is 19.1. The lowest BCUT2D eigenvalue weighted by Crippen LogP contribution is -2.12. The minimum Gasteiger partial charge on any atom is -0.461 e. The molecule has 0 aliphatic heterocycles. The number of hydrogen-bond donors (Lipinski definition) is 0. The number of rotatable bonds is 6. The molecule has 1 rings (SSSR count). The van der Waals surface area contributed by atoms with Crippen molar-refractivity contribution in [3.8, 4) is 6.07 Å². The van der Waals surface area contributed by atoms with Crippen molar-refractivity contribution < 1.29 is 13.9 Å². The number of ether oxygens (including phenoxy) is 1. The summed E-state index contributed by atoms with van der Waals surface area (Å²) in [7, 11) is 0. The Morgan fingerprint density at radius 3 is 3.18 bits per heavy atom. The number of nitrogens with zero attached hydrogens (tertiary/aromatic N) is 4. The summed E-state index contributed by atoms with van der Waals surface area (Å²) in [4.78, 5) is 11.2. The Balaban J connectivity index is 2.51. The molecule has 7 heteroatoms. The summed E-state index contributed by atoms with van der Waals surface area (Å²) >= 11 is 0. The molecule has 0 amide bonds. The smallest absolute Gasteiger partial charge is 0.360 e. The lowest BCUT2D eigenvalue weighted by molar-refractivity contribution is 0.0519. The zero-order valence-corrected chi connectivity index (χ0v) is 9.47. The summed E-state index contributed by atoms with van der Waals surface area (Å²) in [6.07, 6.45) is 0.453. The molecule has 0 aliphatic rings. The van der Waals surface area contributed by atoms with Crippen molar-refractivity contribution in [2.24, 2.45) is 0 Å². The molecule has 0 fully saturated rings. The van der Waals surface area contributed by atoms with E-state index in [1.165, 1.54) is 10.9 Å². The molecule has 1 unspecified atom stereocenters. The van der Waals surface area contributed by atoms with Crippen molar-refractivity contribution in [3.05, 3.63) is 11.9 Å². The maximum Gasteiger partial charge on any atom is 0.360 e. The van der Waals surface area contributed by atoms with Crippen LogP contribution in [0.2, 0.25) is 0 Å². The number of nitriles is 1. The first kappa shape index (κ1) is 13.1. The summed E-state index contributed by atoms with van der Waals surface area (Å²) < 4.78 is 19.2. The monoisotopic (exact) mass is 240 g/mol. The fourth-order valence-corrected chi connectivity index (χ4v) is 1.20. The van der Waals surface area contributed by atoms with Gasteiger partial charge in [0.25, 0.3) is 0 Å². The minimum absolute atomic E-state index is 0.0198. The van der Waals surface area contributed by atoms with Gasteiger partial charge in [0.05, 0.1) is 25.4 Å². The Kier molecular flexibility index (Phi) is 5.07. The molecule has 0 spiro atoms. The van der Waals surface area contributed by atoms with Crippen molar-refractivity contribution in [2.75, 3.05) is 6.61 Å². The van der Waals surface area contributed by atoms with Crippen LogP contribution >= 0.6 is 0 Å². The van der Waals surface area contributed by atoms with E-state index in [0.29, 0.717) is 0 Å². The molecule has 0 saturated heterocycles. The highest BCUT2D eigenvalue weighted by molar-refractivity contribution is 5.86. The predicted octanol–water partition coefficient (Wildman–Crippen LogP) is 1.10. The topological polar surface area (TPSA) is 80.8 Å². The molecule has 1 aromatic rings. The van der Waals surface area contributed by atoms with Crippen LogP contribution in [0.1, 0.15) is 30.3 Å². The summed E-state index contributed by atoms with van der Waals surface area (Å²) in [5, 5.41) is 15.5. The Morgan fingerprint density at radius 1 is 1.76 bits per heavy atom. The molecule has 1 heterocycles. The second-order valence-corrected chi connectivity index (χ2v) is 3.34. The van der Waals surface area contributed by atoms with Gasteiger partial charge in [-0.15, -0.1) is 5.10 Å². The van der Waals surface area contributed by atoms with Crippen LogP contribution in [0.4, 0.5) is 4.39 Å². The highest BCUT2D eigenvalue weighted by Gasteiger charge is 2.14. The van der Waals surface area contributed by atoms with Crippen LogP contribution < -0.4 is 0 Å². The third-order valence-electron chi connectivity index (χ3n) is 1.98. The number of hydrogen-bond acceptors (Lipinski definition) is 5. The van der Waals surface area contributed by atoms with Gasteiger partial charge in [0.2, 0.25) is 0 Å². The molecular formula is C10H13FN4O2. The molecule has 0 N–H and O–H groups in total. The van der Waals surface area contributed by atoms with Gasteiger partial charge >= 0.3 is 5.97 Å². The van der Waals surface area contributed by atoms with Crippen LogP contribution in [0, 0.1) is 11.3 Å². The van der Waals surface area contributed by atoms with E-state index in [1.54, 1.807) is 6.92 Å². The van der Waals surface area contributed by atoms with Gasteiger partial charge in [-0.2, -0.15) is 5.26 Å². The Labute approximate surface area is 98.0 Å². The van der Waals surface area contributed by atoms with Gasteiger partial charge in [0, 0.05) is 6.42 Å². The van der Waals surface area contributed by atoms with Crippen LogP contribution in [0.3, 0.4) is 0 Å². The zero-order valence-electron chi connectivity index (χ0n) is 9.47. The molecule has 0 radical (unpaired) electrons. The average Bonchev–Trinajstić information content (AvgIpc) is 2.75. The van der Waals surface area contributed by atoms with E-state index in [4.69, 9.17) is 10.00 Å². The molecule has 0 bridgehead atoms. The molecule has 0 saturated carbocycles. The minimum atomic E-state index is -1.17. The number of carbonyl (C=O) groups excluding carboxylic acids is 1. The fraction of sp³-hybridized carbons (Fsp3) is 0.600. The second kappa shape index (κ2) is 6.58. The van der Waals surface area contributed by atoms with Crippen molar-refractivity contribution in [1.29, 1.82) is 5.26 Å². The number of aromatic nitrogens is 3. The van der Waals surface area contributed by atoms with E-state index in [0.717, 1.165) is 0 Å². The van der Waals surface area contributed by atoms with E-state index in [2.05, 4.69) is 10.3 Å². The molecule has 1 aromatic heterocycles. The number of halogens is 1. The lowest BCUT2D eigenvalue weighted by Gasteiger charge is -2.04. The van der Waals surface area contributed by atoms with Gasteiger partial charge in [0.1, 0.15) is 6.17 Å². The highest BCUT2D eigenvalue weighted by Crippen LogP contribution is 2.05. The first-order chi connectivity index (χ1) is 8.17. The molecular weight excluding hydrogens is 227 g/mol. The SMILES string of the molecule is CCOC(=O)c1cn(CC(F)CCC#N)nn1. The number of carbonyl (C=O) groups is 1. The quantitative estimate of drug-likeness (QED) is 0.695. The van der Waals surface area contributed by atoms with Crippen LogP contribution in [0.15, 0.2) is 6.20 Å². The van der Waals surface area contributed by atoms with E-state index in [-0.39, 0.29) is 31.7 Å². The van der Waals surface area contributed by atoms with Crippen molar-refractivity contribution in [1.82, 2.24) is 15.0 Å². The molecule has 0 aliphatic carbocycles. The third kappa shape index (κ3) is 4.18. The van der Waals surface area contributed by atoms with Crippen molar-refractivity contribution >= 4 is 5.97 Å². The summed E-state index contributed by atoms with van der Waals surface area (Å²) in [5.74, 6) is -0.578. The lowest BCUT2D eigenvalue weighted by atomic mass is 10.2. The van der Waals surface area contributed by atoms with Crippen LogP contribution in [0.25, 0.3) is 0 Å². The molecule has 0 aromatic carbocycles. The maximum atomic E-state index is 13.3. The van der Waals surface area contributed by atoms with Gasteiger partial charge in [0.15, 0.2) is 5.69 Å². The van der Waals surface area contributed by atoms with Crippen LogP contribution in [-0.2, 0) is 11.3 Å².